The minimum absolute atomic E-state index is 0.0914. The van der Waals surface area contributed by atoms with Crippen LogP contribution in [0.1, 0.15) is 0 Å². The monoisotopic (exact) mass is 250 g/mol. The van der Waals surface area contributed by atoms with Crippen molar-refractivity contribution in [3.63, 3.8) is 0 Å². The number of hydrogen-bond donors (Lipinski definition) is 2. The quantitative estimate of drug-likeness (QED) is 0.800. The van der Waals surface area contributed by atoms with Crippen LogP contribution in [0.5, 0.6) is 0 Å². The average molecular weight is 251 g/mol. The first-order chi connectivity index (χ1) is 8.13. The zero-order chi connectivity index (χ0) is 12.3. The maximum atomic E-state index is 11.0. The maximum absolute atomic E-state index is 11.0. The Bertz CT molecular complexity index is 629. The van der Waals surface area contributed by atoms with Crippen LogP contribution >= 0.6 is 11.6 Å². The first-order valence-corrected chi connectivity index (χ1v) is 5.02. The van der Waals surface area contributed by atoms with E-state index >= 15 is 0 Å². The molecule has 7 heteroatoms. The summed E-state index contributed by atoms with van der Waals surface area (Å²) in [5.41, 5.74) is -0.586. The van der Waals surface area contributed by atoms with E-state index in [0.29, 0.717) is 10.7 Å². The molecule has 0 unspecified atom stereocenters. The number of hydrogen-bond acceptors (Lipinski definition) is 4. The lowest BCUT2D eigenvalue weighted by atomic mass is 10.3. The SMILES string of the molecule is O=c1cc(N=Nc2ccc(Cl)cc2)[nH]c(=O)[nH]1. The number of benzene rings is 1. The first-order valence-electron chi connectivity index (χ1n) is 4.64. The van der Waals surface area contributed by atoms with E-state index in [-0.39, 0.29) is 5.82 Å². The van der Waals surface area contributed by atoms with Crippen LogP contribution in [-0.2, 0) is 0 Å². The molecule has 6 nitrogen and oxygen atoms in total. The normalized spacial score (nSPS) is 10.9. The summed E-state index contributed by atoms with van der Waals surface area (Å²) in [5, 5.41) is 8.17. The van der Waals surface area contributed by atoms with Crippen LogP contribution in [0.15, 0.2) is 50.1 Å². The summed E-state index contributed by atoms with van der Waals surface area (Å²) in [5.74, 6) is 0.0914. The maximum Gasteiger partial charge on any atom is 0.327 e. The van der Waals surface area contributed by atoms with E-state index in [1.807, 2.05) is 4.98 Å². The van der Waals surface area contributed by atoms with Gasteiger partial charge in [0.15, 0.2) is 5.82 Å². The Morgan fingerprint density at radius 1 is 1.00 bits per heavy atom. The second kappa shape index (κ2) is 4.75. The molecule has 2 aromatic rings. The van der Waals surface area contributed by atoms with E-state index < -0.39 is 11.2 Å². The highest BCUT2D eigenvalue weighted by atomic mass is 35.5. The van der Waals surface area contributed by atoms with E-state index in [1.165, 1.54) is 0 Å². The molecule has 0 atom stereocenters. The fraction of sp³-hybridized carbons (Fsp3) is 0. The van der Waals surface area contributed by atoms with Crippen LogP contribution < -0.4 is 11.2 Å². The number of nitrogens with one attached hydrogen (secondary N) is 2. The topological polar surface area (TPSA) is 90.4 Å². The van der Waals surface area contributed by atoms with Gasteiger partial charge in [0.2, 0.25) is 0 Å². The zero-order valence-electron chi connectivity index (χ0n) is 8.48. The van der Waals surface area contributed by atoms with E-state index in [0.717, 1.165) is 6.07 Å². The van der Waals surface area contributed by atoms with Gasteiger partial charge in [-0.2, -0.15) is 0 Å². The van der Waals surface area contributed by atoms with Gasteiger partial charge in [-0.1, -0.05) is 11.6 Å². The molecule has 0 aliphatic carbocycles. The lowest BCUT2D eigenvalue weighted by molar-refractivity contribution is 1.01. The van der Waals surface area contributed by atoms with Gasteiger partial charge in [0.05, 0.1) is 5.69 Å². The van der Waals surface area contributed by atoms with Gasteiger partial charge in [0, 0.05) is 11.1 Å². The van der Waals surface area contributed by atoms with Gasteiger partial charge in [-0.05, 0) is 24.3 Å². The molecule has 86 valence electrons. The van der Waals surface area contributed by atoms with Crippen molar-refractivity contribution in [2.45, 2.75) is 0 Å². The lowest BCUT2D eigenvalue weighted by Gasteiger charge is -1.93. The molecule has 0 bridgehead atoms. The zero-order valence-corrected chi connectivity index (χ0v) is 9.23. The predicted octanol–water partition coefficient (Wildman–Crippen LogP) is 2.13. The molecule has 1 heterocycles. The fourth-order valence-electron chi connectivity index (χ4n) is 1.13. The highest BCUT2D eigenvalue weighted by molar-refractivity contribution is 6.30. The Hall–Kier alpha value is -2.21. The third kappa shape index (κ3) is 3.12. The largest absolute Gasteiger partial charge is 0.327 e. The number of nitrogens with zero attached hydrogens (tertiary/aromatic N) is 2. The van der Waals surface area contributed by atoms with E-state index in [1.54, 1.807) is 24.3 Å². The Balaban J connectivity index is 2.28. The molecule has 1 aromatic carbocycles. The summed E-state index contributed by atoms with van der Waals surface area (Å²) in [4.78, 5) is 26.3. The van der Waals surface area contributed by atoms with Crippen molar-refractivity contribution in [3.8, 4) is 0 Å². The number of rotatable bonds is 2. The average Bonchev–Trinajstić information content (AvgIpc) is 2.27. The van der Waals surface area contributed by atoms with Crippen molar-refractivity contribution < 1.29 is 0 Å². The van der Waals surface area contributed by atoms with Crippen molar-refractivity contribution in [3.05, 3.63) is 56.2 Å². The number of H-pyrrole nitrogens is 2. The summed E-state index contributed by atoms with van der Waals surface area (Å²) in [7, 11) is 0. The standard InChI is InChI=1S/C10H7ClN4O2/c11-6-1-3-7(4-2-6)14-15-8-5-9(16)13-10(17)12-8/h1-5H,(H2,12,13,16,17). The molecule has 0 fully saturated rings. The molecule has 1 aromatic heterocycles. The molecule has 2 N–H and O–H groups in total. The number of aromatic amines is 2. The van der Waals surface area contributed by atoms with Gasteiger partial charge >= 0.3 is 5.69 Å². The van der Waals surface area contributed by atoms with Crippen molar-refractivity contribution in [1.82, 2.24) is 9.97 Å². The van der Waals surface area contributed by atoms with Crippen LogP contribution in [0, 0.1) is 0 Å². The molecule has 0 aliphatic heterocycles. The van der Waals surface area contributed by atoms with Crippen LogP contribution in [0.3, 0.4) is 0 Å². The van der Waals surface area contributed by atoms with Gasteiger partial charge in [-0.25, -0.2) is 4.79 Å². The number of azo groups is 1. The summed E-state index contributed by atoms with van der Waals surface area (Å²) in [6.45, 7) is 0. The Morgan fingerprint density at radius 3 is 2.35 bits per heavy atom. The van der Waals surface area contributed by atoms with Gasteiger partial charge in [-0.15, -0.1) is 10.2 Å². The van der Waals surface area contributed by atoms with E-state index in [2.05, 4.69) is 15.2 Å². The third-order valence-electron chi connectivity index (χ3n) is 1.85. The van der Waals surface area contributed by atoms with Crippen molar-refractivity contribution in [2.24, 2.45) is 10.2 Å². The van der Waals surface area contributed by atoms with Crippen LogP contribution in [-0.4, -0.2) is 9.97 Å². The van der Waals surface area contributed by atoms with Crippen LogP contribution in [0.4, 0.5) is 11.5 Å². The smallest absolute Gasteiger partial charge is 0.290 e. The summed E-state index contributed by atoms with van der Waals surface area (Å²) >= 11 is 5.71. The number of aromatic nitrogens is 2. The molecule has 17 heavy (non-hydrogen) atoms. The molecular weight excluding hydrogens is 244 g/mol. The Kier molecular flexibility index (Phi) is 3.15. The second-order valence-corrected chi connectivity index (χ2v) is 3.59. The first kappa shape index (κ1) is 11.3. The highest BCUT2D eigenvalue weighted by Gasteiger charge is 1.94. The molecule has 0 radical (unpaired) electrons. The predicted molar refractivity (Wildman–Crippen MR) is 63.3 cm³/mol. The summed E-state index contributed by atoms with van der Waals surface area (Å²) in [6.07, 6.45) is 0. The van der Waals surface area contributed by atoms with Gasteiger partial charge in [0.25, 0.3) is 5.56 Å². The Labute approximate surface area is 100 Å². The highest BCUT2D eigenvalue weighted by Crippen LogP contribution is 2.17. The van der Waals surface area contributed by atoms with E-state index in [9.17, 15) is 9.59 Å². The van der Waals surface area contributed by atoms with E-state index in [4.69, 9.17) is 11.6 Å². The fourth-order valence-corrected chi connectivity index (χ4v) is 1.26. The van der Waals surface area contributed by atoms with Gasteiger partial charge < -0.3 is 0 Å². The van der Waals surface area contributed by atoms with Crippen molar-refractivity contribution >= 4 is 23.1 Å². The third-order valence-corrected chi connectivity index (χ3v) is 2.10. The molecule has 0 saturated heterocycles. The lowest BCUT2D eigenvalue weighted by Crippen LogP contribution is -2.20. The molecular formula is C10H7ClN4O2. The van der Waals surface area contributed by atoms with Crippen LogP contribution in [0.2, 0.25) is 5.02 Å². The number of halogens is 1. The van der Waals surface area contributed by atoms with Crippen LogP contribution in [0.25, 0.3) is 0 Å². The van der Waals surface area contributed by atoms with Crippen molar-refractivity contribution in [1.29, 1.82) is 0 Å². The van der Waals surface area contributed by atoms with Gasteiger partial charge in [0.1, 0.15) is 0 Å². The Morgan fingerprint density at radius 2 is 1.71 bits per heavy atom. The van der Waals surface area contributed by atoms with Gasteiger partial charge in [-0.3, -0.25) is 14.8 Å². The minimum atomic E-state index is -0.623. The molecule has 0 amide bonds. The molecule has 0 aliphatic rings. The molecule has 0 saturated carbocycles. The second-order valence-electron chi connectivity index (χ2n) is 3.15. The summed E-state index contributed by atoms with van der Waals surface area (Å²) < 4.78 is 0. The molecule has 2 rings (SSSR count). The minimum Gasteiger partial charge on any atom is -0.290 e. The molecule has 0 spiro atoms. The van der Waals surface area contributed by atoms with Crippen molar-refractivity contribution in [2.75, 3.05) is 0 Å². The summed E-state index contributed by atoms with van der Waals surface area (Å²) in [6, 6.07) is 7.79.